The maximum Gasteiger partial charge on any atom is 0.197 e. The van der Waals surface area contributed by atoms with E-state index in [-0.39, 0.29) is 0 Å². The molecule has 4 aromatic rings. The van der Waals surface area contributed by atoms with E-state index in [1.54, 1.807) is 6.21 Å². The number of fused-ring (bicyclic) bond motifs is 3. The summed E-state index contributed by atoms with van der Waals surface area (Å²) in [4.78, 5) is 8.50. The largest absolute Gasteiger partial charge is 0.450 e. The van der Waals surface area contributed by atoms with Gasteiger partial charge in [-0.15, -0.1) is 0 Å². The molecule has 0 bridgehead atoms. The van der Waals surface area contributed by atoms with Crippen molar-refractivity contribution in [3.8, 4) is 0 Å². The van der Waals surface area contributed by atoms with Crippen molar-refractivity contribution < 1.29 is 4.42 Å². The summed E-state index contributed by atoms with van der Waals surface area (Å²) in [6.07, 6.45) is 3.24. The number of aromatic nitrogens is 2. The minimum atomic E-state index is 0.549. The van der Waals surface area contributed by atoms with Crippen molar-refractivity contribution in [3.63, 3.8) is 0 Å². The zero-order valence-electron chi connectivity index (χ0n) is 11.6. The molecule has 0 unspecified atom stereocenters. The Kier molecular flexibility index (Phi) is 3.01. The summed E-state index contributed by atoms with van der Waals surface area (Å²) in [5.41, 5.74) is 6.10. The number of hydrazone groups is 1. The highest BCUT2D eigenvalue weighted by atomic mass is 16.3. The number of furan rings is 1. The molecule has 0 aliphatic carbocycles. The standard InChI is InChI=1S/C17H12N4O/c1-2-6-12(7-3-1)10-20-21-17-16-15(18-11-19-17)13-8-4-5-9-14(13)22-16/h1-11H,(H,18,19,21). The predicted octanol–water partition coefficient (Wildman–Crippen LogP) is 3.82. The Labute approximate surface area is 126 Å². The van der Waals surface area contributed by atoms with Gasteiger partial charge in [-0.25, -0.2) is 9.97 Å². The third-order valence-electron chi connectivity index (χ3n) is 3.34. The highest BCUT2D eigenvalue weighted by Gasteiger charge is 2.11. The monoisotopic (exact) mass is 288 g/mol. The molecule has 0 saturated heterocycles. The summed E-state index contributed by atoms with van der Waals surface area (Å²) < 4.78 is 5.82. The summed E-state index contributed by atoms with van der Waals surface area (Å²) >= 11 is 0. The molecule has 0 saturated carbocycles. The van der Waals surface area contributed by atoms with Crippen LogP contribution in [0.2, 0.25) is 0 Å². The molecule has 0 radical (unpaired) electrons. The smallest absolute Gasteiger partial charge is 0.197 e. The second-order valence-corrected chi connectivity index (χ2v) is 4.78. The Hall–Kier alpha value is -3.21. The van der Waals surface area contributed by atoms with Gasteiger partial charge in [0.1, 0.15) is 17.4 Å². The average molecular weight is 288 g/mol. The maximum absolute atomic E-state index is 5.82. The predicted molar refractivity (Wildman–Crippen MR) is 87.0 cm³/mol. The summed E-state index contributed by atoms with van der Waals surface area (Å²) in [5.74, 6) is 0.549. The second kappa shape index (κ2) is 5.29. The SMILES string of the molecule is C(=NNc1ncnc2c1oc1ccccc12)c1ccccc1. The number of hydrogen-bond acceptors (Lipinski definition) is 5. The quantitative estimate of drug-likeness (QED) is 0.460. The third-order valence-corrected chi connectivity index (χ3v) is 3.34. The van der Waals surface area contributed by atoms with Gasteiger partial charge in [-0.1, -0.05) is 42.5 Å². The van der Waals surface area contributed by atoms with Crippen LogP contribution in [0.4, 0.5) is 5.82 Å². The van der Waals surface area contributed by atoms with Crippen molar-refractivity contribution in [2.45, 2.75) is 0 Å². The van der Waals surface area contributed by atoms with Crippen molar-refractivity contribution in [1.82, 2.24) is 9.97 Å². The third kappa shape index (κ3) is 2.18. The topological polar surface area (TPSA) is 63.3 Å². The van der Waals surface area contributed by atoms with Gasteiger partial charge in [0, 0.05) is 5.39 Å². The Balaban J connectivity index is 1.71. The molecular formula is C17H12N4O. The lowest BCUT2D eigenvalue weighted by atomic mass is 10.2. The van der Waals surface area contributed by atoms with Crippen molar-refractivity contribution in [2.24, 2.45) is 5.10 Å². The van der Waals surface area contributed by atoms with E-state index < -0.39 is 0 Å². The number of rotatable bonds is 3. The lowest BCUT2D eigenvalue weighted by Gasteiger charge is -1.98. The Bertz CT molecular complexity index is 960. The molecule has 0 spiro atoms. The zero-order valence-corrected chi connectivity index (χ0v) is 11.6. The molecule has 0 amide bonds. The average Bonchev–Trinajstić information content (AvgIpc) is 2.96. The van der Waals surface area contributed by atoms with Crippen LogP contribution >= 0.6 is 0 Å². The van der Waals surface area contributed by atoms with Gasteiger partial charge < -0.3 is 4.42 Å². The number of nitrogens with one attached hydrogen (secondary N) is 1. The first kappa shape index (κ1) is 12.5. The van der Waals surface area contributed by atoms with Crippen molar-refractivity contribution in [2.75, 3.05) is 5.43 Å². The van der Waals surface area contributed by atoms with Crippen LogP contribution in [0.15, 0.2) is 70.4 Å². The fourth-order valence-corrected chi connectivity index (χ4v) is 2.31. The van der Waals surface area contributed by atoms with Gasteiger partial charge in [0.15, 0.2) is 11.4 Å². The number of benzene rings is 2. The Morgan fingerprint density at radius 3 is 2.68 bits per heavy atom. The highest BCUT2D eigenvalue weighted by Crippen LogP contribution is 2.30. The van der Waals surface area contributed by atoms with E-state index in [1.165, 1.54) is 6.33 Å². The van der Waals surface area contributed by atoms with E-state index in [0.29, 0.717) is 11.4 Å². The van der Waals surface area contributed by atoms with Crippen LogP contribution in [-0.2, 0) is 0 Å². The van der Waals surface area contributed by atoms with Gasteiger partial charge in [0.05, 0.1) is 6.21 Å². The van der Waals surface area contributed by atoms with Crippen LogP contribution in [0.25, 0.3) is 22.1 Å². The minimum absolute atomic E-state index is 0.549. The molecule has 106 valence electrons. The Morgan fingerprint density at radius 1 is 0.955 bits per heavy atom. The van der Waals surface area contributed by atoms with Crippen molar-refractivity contribution in [3.05, 3.63) is 66.5 Å². The summed E-state index contributed by atoms with van der Waals surface area (Å²) in [6.45, 7) is 0. The van der Waals surface area contributed by atoms with E-state index in [9.17, 15) is 0 Å². The maximum atomic E-state index is 5.82. The molecular weight excluding hydrogens is 276 g/mol. The molecule has 0 aliphatic heterocycles. The minimum Gasteiger partial charge on any atom is -0.450 e. The molecule has 0 fully saturated rings. The van der Waals surface area contributed by atoms with Crippen LogP contribution in [-0.4, -0.2) is 16.2 Å². The summed E-state index contributed by atoms with van der Waals surface area (Å²) in [5, 5.41) is 5.17. The first-order valence-electron chi connectivity index (χ1n) is 6.88. The molecule has 0 aliphatic rings. The molecule has 1 N–H and O–H groups in total. The van der Waals surface area contributed by atoms with Gasteiger partial charge >= 0.3 is 0 Å². The first-order chi connectivity index (χ1) is 10.9. The summed E-state index contributed by atoms with van der Waals surface area (Å²) in [7, 11) is 0. The van der Waals surface area contributed by atoms with Crippen LogP contribution in [0.5, 0.6) is 0 Å². The van der Waals surface area contributed by atoms with Crippen LogP contribution in [0.3, 0.4) is 0 Å². The van der Waals surface area contributed by atoms with Crippen molar-refractivity contribution >= 4 is 34.1 Å². The fraction of sp³-hybridized carbons (Fsp3) is 0. The molecule has 4 rings (SSSR count). The first-order valence-corrected chi connectivity index (χ1v) is 6.88. The van der Waals surface area contributed by atoms with E-state index in [0.717, 1.165) is 22.0 Å². The normalized spacial score (nSPS) is 11.5. The molecule has 22 heavy (non-hydrogen) atoms. The molecule has 5 nitrogen and oxygen atoms in total. The lowest BCUT2D eigenvalue weighted by Crippen LogP contribution is -1.94. The van der Waals surface area contributed by atoms with E-state index in [2.05, 4.69) is 20.5 Å². The molecule has 5 heteroatoms. The molecule has 2 aromatic carbocycles. The fourth-order valence-electron chi connectivity index (χ4n) is 2.31. The van der Waals surface area contributed by atoms with Gasteiger partial charge in [0.25, 0.3) is 0 Å². The number of nitrogens with zero attached hydrogens (tertiary/aromatic N) is 3. The van der Waals surface area contributed by atoms with Gasteiger partial charge in [0.2, 0.25) is 0 Å². The van der Waals surface area contributed by atoms with Gasteiger partial charge in [-0.05, 0) is 17.7 Å². The molecule has 2 heterocycles. The van der Waals surface area contributed by atoms with E-state index in [4.69, 9.17) is 4.42 Å². The molecule has 2 aromatic heterocycles. The van der Waals surface area contributed by atoms with E-state index >= 15 is 0 Å². The number of anilines is 1. The second-order valence-electron chi connectivity index (χ2n) is 4.78. The van der Waals surface area contributed by atoms with E-state index in [1.807, 2.05) is 54.6 Å². The van der Waals surface area contributed by atoms with Crippen LogP contribution < -0.4 is 5.43 Å². The summed E-state index contributed by atoms with van der Waals surface area (Å²) in [6, 6.07) is 17.6. The lowest BCUT2D eigenvalue weighted by molar-refractivity contribution is 0.667. The van der Waals surface area contributed by atoms with Crippen molar-refractivity contribution in [1.29, 1.82) is 0 Å². The van der Waals surface area contributed by atoms with Gasteiger partial charge in [-0.3, -0.25) is 5.43 Å². The molecule has 0 atom stereocenters. The highest BCUT2D eigenvalue weighted by molar-refractivity contribution is 6.05. The number of hydrogen-bond donors (Lipinski definition) is 1. The Morgan fingerprint density at radius 2 is 1.77 bits per heavy atom. The van der Waals surface area contributed by atoms with Gasteiger partial charge in [-0.2, -0.15) is 5.10 Å². The number of para-hydroxylation sites is 1. The van der Waals surface area contributed by atoms with Crippen LogP contribution in [0.1, 0.15) is 5.56 Å². The van der Waals surface area contributed by atoms with Crippen LogP contribution in [0, 0.1) is 0 Å². The zero-order chi connectivity index (χ0) is 14.8.